The smallest absolute Gasteiger partial charge is 0.176 e. The first-order valence-electron chi connectivity index (χ1n) is 11.4. The number of nitrogens with one attached hydrogen (secondary N) is 1. The van der Waals surface area contributed by atoms with Crippen molar-refractivity contribution in [3.8, 4) is 11.5 Å². The van der Waals surface area contributed by atoms with Crippen LogP contribution in [0.15, 0.2) is 71.7 Å². The van der Waals surface area contributed by atoms with E-state index < -0.39 is 0 Å². The molecule has 1 aliphatic heterocycles. The van der Waals surface area contributed by atoms with Gasteiger partial charge in [0.05, 0.1) is 23.4 Å². The van der Waals surface area contributed by atoms with Gasteiger partial charge >= 0.3 is 0 Å². The lowest BCUT2D eigenvalue weighted by molar-refractivity contribution is 0.318. The van der Waals surface area contributed by atoms with Crippen molar-refractivity contribution in [3.05, 3.63) is 94.0 Å². The van der Waals surface area contributed by atoms with E-state index in [0.717, 1.165) is 17.7 Å². The third kappa shape index (κ3) is 4.23. The molecule has 4 nitrogen and oxygen atoms in total. The van der Waals surface area contributed by atoms with Crippen LogP contribution in [-0.4, -0.2) is 17.9 Å². The molecule has 5 rings (SSSR count). The Morgan fingerprint density at radius 1 is 1.15 bits per heavy atom. The largest absolute Gasteiger partial charge is 0.503 e. The van der Waals surface area contributed by atoms with Crippen LogP contribution < -0.4 is 10.1 Å². The molecule has 0 saturated carbocycles. The molecule has 1 aliphatic carbocycles. The van der Waals surface area contributed by atoms with Crippen molar-refractivity contribution in [1.29, 1.82) is 0 Å². The van der Waals surface area contributed by atoms with Gasteiger partial charge in [-0.3, -0.25) is 4.99 Å². The first-order valence-corrected chi connectivity index (χ1v) is 11.7. The number of nitrogens with zero attached hydrogens (tertiary/aromatic N) is 1. The van der Waals surface area contributed by atoms with E-state index in [1.807, 2.05) is 19.1 Å². The van der Waals surface area contributed by atoms with Crippen LogP contribution in [0.5, 0.6) is 11.5 Å². The van der Waals surface area contributed by atoms with E-state index in [-0.39, 0.29) is 16.8 Å². The van der Waals surface area contributed by atoms with Crippen molar-refractivity contribution in [3.63, 3.8) is 0 Å². The fourth-order valence-corrected chi connectivity index (χ4v) is 5.11. The van der Waals surface area contributed by atoms with Gasteiger partial charge in [-0.25, -0.2) is 0 Å². The Labute approximate surface area is 199 Å². The van der Waals surface area contributed by atoms with E-state index in [4.69, 9.17) is 16.3 Å². The third-order valence-electron chi connectivity index (χ3n) is 6.48. The van der Waals surface area contributed by atoms with Gasteiger partial charge in [0.1, 0.15) is 0 Å². The van der Waals surface area contributed by atoms with Crippen LogP contribution >= 0.6 is 11.6 Å². The number of hydrogen-bond acceptors (Lipinski definition) is 4. The van der Waals surface area contributed by atoms with Crippen molar-refractivity contribution in [1.82, 2.24) is 0 Å². The van der Waals surface area contributed by atoms with Gasteiger partial charge in [0.15, 0.2) is 11.5 Å². The quantitative estimate of drug-likeness (QED) is 0.311. The second kappa shape index (κ2) is 8.95. The molecule has 2 aliphatic rings. The van der Waals surface area contributed by atoms with E-state index in [1.54, 1.807) is 18.3 Å². The summed E-state index contributed by atoms with van der Waals surface area (Å²) in [5.41, 5.74) is 6.84. The molecule has 3 aromatic carbocycles. The van der Waals surface area contributed by atoms with Crippen LogP contribution in [-0.2, 0) is 0 Å². The Balaban J connectivity index is 1.37. The molecule has 0 bridgehead atoms. The van der Waals surface area contributed by atoms with Crippen LogP contribution in [0, 0.1) is 12.8 Å². The van der Waals surface area contributed by atoms with Gasteiger partial charge in [-0.05, 0) is 73.2 Å². The Morgan fingerprint density at radius 3 is 2.76 bits per heavy atom. The van der Waals surface area contributed by atoms with E-state index in [2.05, 4.69) is 59.7 Å². The summed E-state index contributed by atoms with van der Waals surface area (Å²) in [6.07, 6.45) is 7.50. The molecule has 0 radical (unpaired) electrons. The zero-order chi connectivity index (χ0) is 22.9. The lowest BCUT2D eigenvalue weighted by atomic mass is 9.76. The molecule has 0 amide bonds. The van der Waals surface area contributed by atoms with Crippen LogP contribution in [0.3, 0.4) is 0 Å². The molecule has 0 unspecified atom stereocenters. The van der Waals surface area contributed by atoms with Crippen molar-refractivity contribution in [2.75, 3.05) is 11.9 Å². The number of fused-ring (bicyclic) bond motifs is 3. The average molecular weight is 459 g/mol. The Morgan fingerprint density at radius 2 is 1.97 bits per heavy atom. The first kappa shape index (κ1) is 21.6. The minimum absolute atomic E-state index is 0.0450. The number of rotatable bonds is 5. The molecule has 168 valence electrons. The number of aryl methyl sites for hydroxylation is 1. The van der Waals surface area contributed by atoms with Gasteiger partial charge in [-0.15, -0.1) is 0 Å². The van der Waals surface area contributed by atoms with Crippen LogP contribution in [0.2, 0.25) is 5.02 Å². The number of phenols is 1. The summed E-state index contributed by atoms with van der Waals surface area (Å²) in [7, 11) is 0. The number of aliphatic imine (C=N–C) groups is 1. The molecule has 2 N–H and O–H groups in total. The molecule has 0 fully saturated rings. The molecule has 3 atom stereocenters. The lowest BCUT2D eigenvalue weighted by Crippen LogP contribution is -2.29. The van der Waals surface area contributed by atoms with Gasteiger partial charge in [-0.1, -0.05) is 53.6 Å². The normalized spacial score (nSPS) is 21.0. The average Bonchev–Trinajstić information content (AvgIpc) is 3.31. The van der Waals surface area contributed by atoms with Crippen LogP contribution in [0.25, 0.3) is 0 Å². The second-order valence-corrected chi connectivity index (χ2v) is 9.11. The first-order chi connectivity index (χ1) is 16.0. The number of benzene rings is 3. The van der Waals surface area contributed by atoms with E-state index in [1.165, 1.54) is 22.4 Å². The highest BCUT2D eigenvalue weighted by molar-refractivity contribution is 6.32. The number of halogens is 1. The summed E-state index contributed by atoms with van der Waals surface area (Å²) in [5, 5.41) is 14.1. The van der Waals surface area contributed by atoms with Crippen molar-refractivity contribution < 1.29 is 9.84 Å². The molecule has 5 heteroatoms. The molecule has 33 heavy (non-hydrogen) atoms. The summed E-state index contributed by atoms with van der Waals surface area (Å²) in [6.45, 7) is 4.46. The van der Waals surface area contributed by atoms with Gasteiger partial charge < -0.3 is 15.2 Å². The maximum absolute atomic E-state index is 10.0. The molecule has 0 spiro atoms. The Kier molecular flexibility index (Phi) is 5.86. The van der Waals surface area contributed by atoms with E-state index >= 15 is 0 Å². The summed E-state index contributed by atoms with van der Waals surface area (Å²) in [4.78, 5) is 4.59. The molecular weight excluding hydrogens is 432 g/mol. The highest BCUT2D eigenvalue weighted by Gasteiger charge is 2.37. The summed E-state index contributed by atoms with van der Waals surface area (Å²) >= 11 is 6.13. The number of phenolic OH excluding ortho intramolecular Hbond substituents is 1. The minimum Gasteiger partial charge on any atom is -0.503 e. The summed E-state index contributed by atoms with van der Waals surface area (Å²) in [6, 6.07) is 18.8. The van der Waals surface area contributed by atoms with Crippen LogP contribution in [0.4, 0.5) is 11.4 Å². The standard InChI is InChI=1S/C28H27ClN2O2/c1-3-33-26-15-18(14-24(29)28(26)32)16-30-20-10-8-19(9-11-20)27-22-6-4-5-21(22)23-13-17(2)7-12-25(23)31-27/h4-5,7-16,21-22,27,31-32H,3,6H2,1-2H3/t21-,22-,27+/m1/s1. The molecular formula is C28H27ClN2O2. The molecule has 0 saturated heterocycles. The Hall–Kier alpha value is -3.24. The number of hydrogen-bond donors (Lipinski definition) is 2. The lowest BCUT2D eigenvalue weighted by Gasteiger charge is -2.37. The molecule has 1 heterocycles. The summed E-state index contributed by atoms with van der Waals surface area (Å²) in [5.74, 6) is 1.30. The fraction of sp³-hybridized carbons (Fsp3) is 0.250. The zero-order valence-electron chi connectivity index (χ0n) is 18.8. The van der Waals surface area contributed by atoms with Gasteiger partial charge in [0.2, 0.25) is 0 Å². The molecule has 0 aromatic heterocycles. The predicted molar refractivity (Wildman–Crippen MR) is 136 cm³/mol. The minimum atomic E-state index is -0.0450. The summed E-state index contributed by atoms with van der Waals surface area (Å²) < 4.78 is 5.45. The maximum atomic E-state index is 10.0. The van der Waals surface area contributed by atoms with Crippen molar-refractivity contribution >= 4 is 29.2 Å². The maximum Gasteiger partial charge on any atom is 0.176 e. The number of anilines is 1. The highest BCUT2D eigenvalue weighted by Crippen LogP contribution is 2.50. The number of ether oxygens (including phenoxy) is 1. The second-order valence-electron chi connectivity index (χ2n) is 8.70. The van der Waals surface area contributed by atoms with Gasteiger partial charge in [0, 0.05) is 17.8 Å². The third-order valence-corrected chi connectivity index (χ3v) is 6.77. The van der Waals surface area contributed by atoms with E-state index in [9.17, 15) is 5.11 Å². The predicted octanol–water partition coefficient (Wildman–Crippen LogP) is 7.33. The van der Waals surface area contributed by atoms with Crippen molar-refractivity contribution in [2.45, 2.75) is 32.2 Å². The number of aromatic hydroxyl groups is 1. The monoisotopic (exact) mass is 458 g/mol. The van der Waals surface area contributed by atoms with Gasteiger partial charge in [0.25, 0.3) is 0 Å². The Bertz CT molecular complexity index is 1230. The number of allylic oxidation sites excluding steroid dienone is 2. The SMILES string of the molecule is CCOc1cc(C=Nc2ccc([C@@H]3Nc4ccc(C)cc4[C@@H]4C=CC[C@H]43)cc2)cc(Cl)c1O. The topological polar surface area (TPSA) is 53.8 Å². The zero-order valence-corrected chi connectivity index (χ0v) is 19.5. The fourth-order valence-electron chi connectivity index (χ4n) is 4.89. The highest BCUT2D eigenvalue weighted by atomic mass is 35.5. The van der Waals surface area contributed by atoms with Crippen LogP contribution in [0.1, 0.15) is 47.6 Å². The molecule has 3 aromatic rings. The van der Waals surface area contributed by atoms with Gasteiger partial charge in [-0.2, -0.15) is 0 Å². The van der Waals surface area contributed by atoms with E-state index in [0.29, 0.717) is 24.2 Å². The van der Waals surface area contributed by atoms with Crippen molar-refractivity contribution in [2.24, 2.45) is 10.9 Å².